The second-order valence-corrected chi connectivity index (χ2v) is 11.6. The molecule has 1 saturated carbocycles. The Kier molecular flexibility index (Phi) is 5.49. The Morgan fingerprint density at radius 1 is 1.06 bits per heavy atom. The maximum Gasteiger partial charge on any atom is 0.497 e. The Labute approximate surface area is 204 Å². The van der Waals surface area contributed by atoms with Crippen LogP contribution in [0.15, 0.2) is 42.6 Å². The summed E-state index contributed by atoms with van der Waals surface area (Å²) in [6.45, 7) is 8.12. The van der Waals surface area contributed by atoms with E-state index in [-0.39, 0.29) is 5.82 Å². The molecule has 1 aliphatic heterocycles. The molecule has 2 aromatic carbocycles. The van der Waals surface area contributed by atoms with E-state index in [0.29, 0.717) is 5.56 Å². The SMILES string of the molecule is CC1(C)OB(c2cn(SI)c3cc(F)c(-c4ccc(C5(O)CCC5)cc4)cc23)OC1(C)C. The molecule has 32 heavy (non-hydrogen) atoms. The molecule has 4 nitrogen and oxygen atoms in total. The molecule has 0 amide bonds. The van der Waals surface area contributed by atoms with Gasteiger partial charge in [-0.15, -0.1) is 0 Å². The summed E-state index contributed by atoms with van der Waals surface area (Å²) in [5.74, 6) is -0.280. The minimum atomic E-state index is -0.723. The van der Waals surface area contributed by atoms with Crippen LogP contribution in [0.3, 0.4) is 0 Å². The van der Waals surface area contributed by atoms with Crippen LogP contribution in [0.4, 0.5) is 4.39 Å². The number of nitrogens with zero attached hydrogens (tertiary/aromatic N) is 1. The van der Waals surface area contributed by atoms with E-state index in [1.54, 1.807) is 6.07 Å². The zero-order chi connectivity index (χ0) is 22.9. The van der Waals surface area contributed by atoms with Crippen molar-refractivity contribution in [2.24, 2.45) is 0 Å². The molecule has 1 N–H and O–H groups in total. The highest BCUT2D eigenvalue weighted by molar-refractivity contribution is 14.2. The van der Waals surface area contributed by atoms with Crippen molar-refractivity contribution >= 4 is 53.8 Å². The standard InChI is InChI=1S/C24H26BFINO3S/c1-22(2)23(3,4)31-25(30-22)19-14-28(32-27)21-13-20(26)17(12-18(19)21)15-6-8-16(9-7-15)24(29)10-5-11-24/h6-9,12-14,29H,5,10-11H2,1-4H3. The molecule has 5 rings (SSSR count). The quantitative estimate of drug-likeness (QED) is 0.313. The van der Waals surface area contributed by atoms with Crippen molar-refractivity contribution in [1.82, 2.24) is 3.97 Å². The van der Waals surface area contributed by atoms with Crippen molar-refractivity contribution in [1.29, 1.82) is 0 Å². The molecule has 8 heteroatoms. The summed E-state index contributed by atoms with van der Waals surface area (Å²) < 4.78 is 29.8. The van der Waals surface area contributed by atoms with E-state index in [4.69, 9.17) is 9.31 Å². The molecule has 2 aliphatic rings. The van der Waals surface area contributed by atoms with Crippen molar-refractivity contribution in [3.05, 3.63) is 54.0 Å². The van der Waals surface area contributed by atoms with Crippen LogP contribution in [0, 0.1) is 5.82 Å². The van der Waals surface area contributed by atoms with Crippen LogP contribution >= 0.6 is 30.3 Å². The average Bonchev–Trinajstić information content (AvgIpc) is 3.18. The molecule has 0 bridgehead atoms. The molecular formula is C24H26BFINO3S. The molecule has 0 atom stereocenters. The molecule has 2 fully saturated rings. The first-order chi connectivity index (χ1) is 15.0. The topological polar surface area (TPSA) is 43.6 Å². The molecule has 0 unspecified atom stereocenters. The van der Waals surface area contributed by atoms with E-state index >= 15 is 4.39 Å². The maximum absolute atomic E-state index is 15.2. The second kappa shape index (κ2) is 7.73. The first kappa shape index (κ1) is 22.7. The fourth-order valence-corrected chi connectivity index (χ4v) is 5.79. The number of hydrogen-bond donors (Lipinski definition) is 1. The molecule has 1 aromatic heterocycles. The fraction of sp³-hybridized carbons (Fsp3) is 0.417. The third-order valence-corrected chi connectivity index (χ3v) is 9.11. The van der Waals surface area contributed by atoms with Gasteiger partial charge >= 0.3 is 7.12 Å². The number of benzene rings is 2. The van der Waals surface area contributed by atoms with Crippen LogP contribution in [-0.2, 0) is 14.9 Å². The van der Waals surface area contributed by atoms with Gasteiger partial charge in [-0.3, -0.25) is 3.97 Å². The van der Waals surface area contributed by atoms with Crippen molar-refractivity contribution < 1.29 is 18.8 Å². The van der Waals surface area contributed by atoms with Gasteiger partial charge in [0.2, 0.25) is 0 Å². The Bertz CT molecular complexity index is 1170. The van der Waals surface area contributed by atoms with Crippen LogP contribution < -0.4 is 5.46 Å². The average molecular weight is 565 g/mol. The van der Waals surface area contributed by atoms with Gasteiger partial charge in [0.05, 0.1) is 22.3 Å². The lowest BCUT2D eigenvalue weighted by atomic mass is 9.75. The van der Waals surface area contributed by atoms with Gasteiger partial charge in [-0.2, -0.15) is 0 Å². The highest BCUT2D eigenvalue weighted by Gasteiger charge is 2.52. The number of aromatic nitrogens is 1. The summed E-state index contributed by atoms with van der Waals surface area (Å²) in [4.78, 5) is 0. The predicted molar refractivity (Wildman–Crippen MR) is 138 cm³/mol. The van der Waals surface area contributed by atoms with Gasteiger partial charge in [-0.1, -0.05) is 24.3 Å². The van der Waals surface area contributed by atoms with Gasteiger partial charge in [0.15, 0.2) is 0 Å². The molecule has 0 radical (unpaired) electrons. The van der Waals surface area contributed by atoms with E-state index in [0.717, 1.165) is 46.8 Å². The normalized spacial score (nSPS) is 21.2. The van der Waals surface area contributed by atoms with E-state index < -0.39 is 23.9 Å². The first-order valence-electron chi connectivity index (χ1n) is 10.9. The lowest BCUT2D eigenvalue weighted by Gasteiger charge is -2.37. The minimum Gasteiger partial charge on any atom is -0.399 e. The van der Waals surface area contributed by atoms with Crippen LogP contribution in [0.1, 0.15) is 52.5 Å². The number of fused-ring (bicyclic) bond motifs is 1. The third kappa shape index (κ3) is 3.53. The molecule has 3 aromatic rings. The zero-order valence-electron chi connectivity index (χ0n) is 18.6. The maximum atomic E-state index is 15.2. The van der Waals surface area contributed by atoms with Gasteiger partial charge in [-0.05, 0) is 70.2 Å². The number of rotatable bonds is 4. The Hall–Kier alpha value is -1.07. The van der Waals surface area contributed by atoms with Gasteiger partial charge in [0.25, 0.3) is 0 Å². The first-order valence-corrected chi connectivity index (χ1v) is 14.2. The third-order valence-electron chi connectivity index (χ3n) is 7.39. The summed E-state index contributed by atoms with van der Waals surface area (Å²) >= 11 is 2.20. The van der Waals surface area contributed by atoms with E-state index in [1.807, 2.05) is 68.2 Å². The van der Waals surface area contributed by atoms with E-state index in [1.165, 1.54) is 9.12 Å². The molecule has 1 saturated heterocycles. The van der Waals surface area contributed by atoms with Crippen molar-refractivity contribution in [3.8, 4) is 11.1 Å². The molecular weight excluding hydrogens is 539 g/mol. The highest BCUT2D eigenvalue weighted by Crippen LogP contribution is 2.42. The molecule has 168 valence electrons. The fourth-order valence-electron chi connectivity index (χ4n) is 4.44. The number of halogens is 2. The van der Waals surface area contributed by atoms with E-state index in [2.05, 4.69) is 21.2 Å². The summed E-state index contributed by atoms with van der Waals surface area (Å²) in [5.41, 5.74) is 2.26. The second-order valence-electron chi connectivity index (χ2n) is 9.88. The van der Waals surface area contributed by atoms with Gasteiger partial charge < -0.3 is 14.4 Å². The molecule has 2 heterocycles. The number of hydrogen-bond acceptors (Lipinski definition) is 4. The van der Waals surface area contributed by atoms with Crippen molar-refractivity contribution in [2.75, 3.05) is 0 Å². The van der Waals surface area contributed by atoms with Crippen molar-refractivity contribution in [2.45, 2.75) is 63.8 Å². The Balaban J connectivity index is 1.58. The summed E-state index contributed by atoms with van der Waals surface area (Å²) in [6, 6.07) is 11.1. The smallest absolute Gasteiger partial charge is 0.399 e. The van der Waals surface area contributed by atoms with Gasteiger partial charge in [-0.25, -0.2) is 4.39 Å². The summed E-state index contributed by atoms with van der Waals surface area (Å²) in [6.07, 6.45) is 4.58. The largest absolute Gasteiger partial charge is 0.497 e. The zero-order valence-corrected chi connectivity index (χ0v) is 21.6. The monoisotopic (exact) mass is 565 g/mol. The van der Waals surface area contributed by atoms with E-state index in [9.17, 15) is 5.11 Å². The predicted octanol–water partition coefficient (Wildman–Crippen LogP) is 5.96. The van der Waals surface area contributed by atoms with Crippen LogP contribution in [-0.4, -0.2) is 27.4 Å². The highest BCUT2D eigenvalue weighted by atomic mass is 127. The van der Waals surface area contributed by atoms with Crippen LogP contribution in [0.5, 0.6) is 0 Å². The minimum absolute atomic E-state index is 0.280. The van der Waals surface area contributed by atoms with Crippen LogP contribution in [0.25, 0.3) is 22.0 Å². The lowest BCUT2D eigenvalue weighted by molar-refractivity contribution is -0.0387. The van der Waals surface area contributed by atoms with Crippen LogP contribution in [0.2, 0.25) is 0 Å². The van der Waals surface area contributed by atoms with Gasteiger partial charge in [0, 0.05) is 52.9 Å². The Morgan fingerprint density at radius 3 is 2.22 bits per heavy atom. The molecule has 1 aliphatic carbocycles. The lowest BCUT2D eigenvalue weighted by Crippen LogP contribution is -2.41. The summed E-state index contributed by atoms with van der Waals surface area (Å²) in [7, 11) is 0.956. The van der Waals surface area contributed by atoms with Gasteiger partial charge in [0.1, 0.15) is 5.82 Å². The number of aliphatic hydroxyl groups is 1. The summed E-state index contributed by atoms with van der Waals surface area (Å²) in [5, 5.41) is 11.5. The van der Waals surface area contributed by atoms with Crippen molar-refractivity contribution in [3.63, 3.8) is 0 Å². The Morgan fingerprint density at radius 2 is 1.69 bits per heavy atom. The molecule has 0 spiro atoms.